The lowest BCUT2D eigenvalue weighted by Crippen LogP contribution is -2.33. The summed E-state index contributed by atoms with van der Waals surface area (Å²) >= 11 is 1.30. The number of aromatic amines is 1. The van der Waals surface area contributed by atoms with Crippen LogP contribution in [0, 0.1) is 13.8 Å². The molecule has 0 spiro atoms. The Morgan fingerprint density at radius 3 is 2.74 bits per heavy atom. The molecule has 3 aromatic heterocycles. The SMILES string of the molecule is Cc1ccc(-n2c(=O)[nH]c3c(sc4ncccc43)c2=O)cc1C. The van der Waals surface area contributed by atoms with Gasteiger partial charge in [0.15, 0.2) is 0 Å². The Bertz CT molecular complexity index is 1180. The van der Waals surface area contributed by atoms with Gasteiger partial charge in [0, 0.05) is 11.6 Å². The molecule has 114 valence electrons. The number of rotatable bonds is 1. The van der Waals surface area contributed by atoms with Crippen LogP contribution in [0.5, 0.6) is 0 Å². The van der Waals surface area contributed by atoms with Gasteiger partial charge in [-0.1, -0.05) is 6.07 Å². The average Bonchev–Trinajstić information content (AvgIpc) is 2.90. The lowest BCUT2D eigenvalue weighted by atomic mass is 10.1. The van der Waals surface area contributed by atoms with Crippen molar-refractivity contribution < 1.29 is 0 Å². The number of fused-ring (bicyclic) bond motifs is 3. The smallest absolute Gasteiger partial charge is 0.305 e. The zero-order chi connectivity index (χ0) is 16.1. The van der Waals surface area contributed by atoms with E-state index in [2.05, 4.69) is 9.97 Å². The molecule has 0 aliphatic rings. The van der Waals surface area contributed by atoms with Crippen LogP contribution in [0.2, 0.25) is 0 Å². The Labute approximate surface area is 134 Å². The number of aryl methyl sites for hydroxylation is 2. The van der Waals surface area contributed by atoms with Crippen LogP contribution in [0.1, 0.15) is 11.1 Å². The molecule has 0 atom stereocenters. The second-order valence-electron chi connectivity index (χ2n) is 5.50. The molecule has 0 aliphatic carbocycles. The van der Waals surface area contributed by atoms with E-state index in [1.54, 1.807) is 18.3 Å². The third kappa shape index (κ3) is 2.03. The van der Waals surface area contributed by atoms with Gasteiger partial charge in [-0.15, -0.1) is 11.3 Å². The van der Waals surface area contributed by atoms with Gasteiger partial charge in [0.2, 0.25) is 0 Å². The van der Waals surface area contributed by atoms with Gasteiger partial charge in [-0.2, -0.15) is 0 Å². The van der Waals surface area contributed by atoms with Crippen LogP contribution >= 0.6 is 11.3 Å². The minimum absolute atomic E-state index is 0.310. The third-order valence-corrected chi connectivity index (χ3v) is 5.15. The van der Waals surface area contributed by atoms with E-state index in [0.29, 0.717) is 15.9 Å². The zero-order valence-electron chi connectivity index (χ0n) is 12.6. The highest BCUT2D eigenvalue weighted by atomic mass is 32.1. The third-order valence-electron chi connectivity index (χ3n) is 4.05. The van der Waals surface area contributed by atoms with Gasteiger partial charge in [-0.25, -0.2) is 14.3 Å². The molecule has 23 heavy (non-hydrogen) atoms. The van der Waals surface area contributed by atoms with Crippen molar-refractivity contribution in [1.82, 2.24) is 14.5 Å². The number of nitrogens with one attached hydrogen (secondary N) is 1. The molecule has 1 N–H and O–H groups in total. The number of H-pyrrole nitrogens is 1. The van der Waals surface area contributed by atoms with Crippen LogP contribution in [-0.2, 0) is 0 Å². The topological polar surface area (TPSA) is 67.8 Å². The molecular weight excluding hydrogens is 310 g/mol. The molecule has 0 saturated carbocycles. The predicted octanol–water partition coefficient (Wildman–Crippen LogP) is 2.91. The number of thiophene rings is 1. The Hall–Kier alpha value is -2.73. The van der Waals surface area contributed by atoms with Gasteiger partial charge >= 0.3 is 5.69 Å². The van der Waals surface area contributed by atoms with Crippen molar-refractivity contribution in [2.24, 2.45) is 0 Å². The van der Waals surface area contributed by atoms with Gasteiger partial charge in [0.1, 0.15) is 9.53 Å². The summed E-state index contributed by atoms with van der Waals surface area (Å²) in [6, 6.07) is 9.20. The molecule has 5 nitrogen and oxygen atoms in total. The summed E-state index contributed by atoms with van der Waals surface area (Å²) < 4.78 is 1.70. The van der Waals surface area contributed by atoms with Gasteiger partial charge in [-0.05, 0) is 49.2 Å². The normalized spacial score (nSPS) is 11.4. The van der Waals surface area contributed by atoms with Gasteiger partial charge < -0.3 is 4.98 Å². The van der Waals surface area contributed by atoms with Crippen molar-refractivity contribution >= 4 is 31.8 Å². The molecule has 0 aliphatic heterocycles. The fourth-order valence-corrected chi connectivity index (χ4v) is 3.69. The van der Waals surface area contributed by atoms with E-state index in [9.17, 15) is 9.59 Å². The highest BCUT2D eigenvalue weighted by Crippen LogP contribution is 2.27. The molecule has 0 unspecified atom stereocenters. The fourth-order valence-electron chi connectivity index (χ4n) is 2.66. The quantitative estimate of drug-likeness (QED) is 0.585. The minimum Gasteiger partial charge on any atom is -0.305 e. The van der Waals surface area contributed by atoms with E-state index in [1.165, 1.54) is 15.9 Å². The Kier molecular flexibility index (Phi) is 2.96. The van der Waals surface area contributed by atoms with Crippen molar-refractivity contribution in [2.75, 3.05) is 0 Å². The van der Waals surface area contributed by atoms with Crippen LogP contribution in [0.25, 0.3) is 26.1 Å². The van der Waals surface area contributed by atoms with Crippen molar-refractivity contribution in [3.8, 4) is 5.69 Å². The fraction of sp³-hybridized carbons (Fsp3) is 0.118. The van der Waals surface area contributed by atoms with Gasteiger partial charge in [0.25, 0.3) is 5.56 Å². The summed E-state index contributed by atoms with van der Waals surface area (Å²) in [5.74, 6) is 0. The summed E-state index contributed by atoms with van der Waals surface area (Å²) in [5.41, 5.74) is 2.54. The van der Waals surface area contributed by atoms with E-state index in [1.807, 2.05) is 32.0 Å². The number of aromatic nitrogens is 3. The molecule has 3 heterocycles. The predicted molar refractivity (Wildman–Crippen MR) is 92.8 cm³/mol. The summed E-state index contributed by atoms with van der Waals surface area (Å²) in [6.07, 6.45) is 1.68. The lowest BCUT2D eigenvalue weighted by Gasteiger charge is -2.07. The van der Waals surface area contributed by atoms with E-state index in [-0.39, 0.29) is 5.56 Å². The average molecular weight is 323 g/mol. The van der Waals surface area contributed by atoms with Gasteiger partial charge in [-0.3, -0.25) is 4.79 Å². The number of nitrogens with zero attached hydrogens (tertiary/aromatic N) is 2. The Morgan fingerprint density at radius 2 is 1.96 bits per heavy atom. The van der Waals surface area contributed by atoms with Crippen LogP contribution in [-0.4, -0.2) is 14.5 Å². The summed E-state index contributed by atoms with van der Waals surface area (Å²) in [5, 5.41) is 0.800. The second kappa shape index (κ2) is 4.89. The molecule has 1 aromatic carbocycles. The van der Waals surface area contributed by atoms with Crippen molar-refractivity contribution in [3.63, 3.8) is 0 Å². The first-order valence-electron chi connectivity index (χ1n) is 7.16. The number of hydrogen-bond donors (Lipinski definition) is 1. The van der Waals surface area contributed by atoms with Crippen LogP contribution < -0.4 is 11.2 Å². The van der Waals surface area contributed by atoms with E-state index < -0.39 is 5.69 Å². The summed E-state index contributed by atoms with van der Waals surface area (Å²) in [6.45, 7) is 3.95. The Balaban J connectivity index is 2.12. The van der Waals surface area contributed by atoms with E-state index in [4.69, 9.17) is 0 Å². The van der Waals surface area contributed by atoms with E-state index in [0.717, 1.165) is 21.3 Å². The number of pyridine rings is 1. The van der Waals surface area contributed by atoms with Crippen molar-refractivity contribution in [1.29, 1.82) is 0 Å². The molecule has 0 radical (unpaired) electrons. The first-order valence-corrected chi connectivity index (χ1v) is 7.98. The first-order chi connectivity index (χ1) is 11.1. The van der Waals surface area contributed by atoms with Crippen LogP contribution in [0.3, 0.4) is 0 Å². The van der Waals surface area contributed by atoms with Crippen LogP contribution in [0.15, 0.2) is 46.1 Å². The molecule has 4 aromatic rings. The maximum atomic E-state index is 12.8. The molecular formula is C17H13N3O2S. The second-order valence-corrected chi connectivity index (χ2v) is 6.50. The maximum absolute atomic E-state index is 12.8. The molecule has 4 rings (SSSR count). The number of hydrogen-bond acceptors (Lipinski definition) is 4. The van der Waals surface area contributed by atoms with Crippen LogP contribution in [0.4, 0.5) is 0 Å². The number of benzene rings is 1. The summed E-state index contributed by atoms with van der Waals surface area (Å²) in [4.78, 5) is 33.2. The molecule has 0 amide bonds. The largest absolute Gasteiger partial charge is 0.333 e. The zero-order valence-corrected chi connectivity index (χ0v) is 13.4. The van der Waals surface area contributed by atoms with Crippen molar-refractivity contribution in [3.05, 3.63) is 68.5 Å². The van der Waals surface area contributed by atoms with E-state index >= 15 is 0 Å². The Morgan fingerprint density at radius 1 is 1.13 bits per heavy atom. The minimum atomic E-state index is -0.436. The monoisotopic (exact) mass is 323 g/mol. The molecule has 0 fully saturated rings. The highest BCUT2D eigenvalue weighted by Gasteiger charge is 2.15. The molecule has 0 bridgehead atoms. The lowest BCUT2D eigenvalue weighted by molar-refractivity contribution is 0.903. The highest BCUT2D eigenvalue weighted by molar-refractivity contribution is 7.25. The molecule has 6 heteroatoms. The molecule has 0 saturated heterocycles. The van der Waals surface area contributed by atoms with Gasteiger partial charge in [0.05, 0.1) is 11.2 Å². The maximum Gasteiger partial charge on any atom is 0.333 e. The standard InChI is InChI=1S/C17H13N3O2S/c1-9-5-6-11(8-10(9)2)20-16(21)14-13(19-17(20)22)12-4-3-7-18-15(12)23-14/h3-8H,1-2H3,(H,19,22). The summed E-state index contributed by atoms with van der Waals surface area (Å²) in [7, 11) is 0. The van der Waals surface area contributed by atoms with Crippen molar-refractivity contribution in [2.45, 2.75) is 13.8 Å². The first kappa shape index (κ1) is 13.9.